The van der Waals surface area contributed by atoms with Crippen LogP contribution in [0.4, 0.5) is 0 Å². The smallest absolute Gasteiger partial charge is 0.136 e. The van der Waals surface area contributed by atoms with Crippen molar-refractivity contribution in [1.29, 1.82) is 5.26 Å². The van der Waals surface area contributed by atoms with Crippen molar-refractivity contribution < 1.29 is 9.84 Å². The topological polar surface area (TPSA) is 53.2 Å². The van der Waals surface area contributed by atoms with E-state index in [2.05, 4.69) is 6.07 Å². The molecule has 0 saturated heterocycles. The molecular formula is C14H11NO2S. The van der Waals surface area contributed by atoms with Gasteiger partial charge in [-0.05, 0) is 42.5 Å². The van der Waals surface area contributed by atoms with Crippen molar-refractivity contribution in [3.05, 3.63) is 48.0 Å². The number of phenols is 1. The number of rotatable bonds is 3. The predicted molar refractivity (Wildman–Crippen MR) is 69.9 cm³/mol. The third-order valence-corrected chi connectivity index (χ3v) is 3.36. The van der Waals surface area contributed by atoms with Crippen molar-refractivity contribution in [2.45, 2.75) is 9.79 Å². The Bertz CT molecular complexity index is 588. The lowest BCUT2D eigenvalue weighted by molar-refractivity contribution is 0.413. The van der Waals surface area contributed by atoms with Crippen molar-refractivity contribution in [1.82, 2.24) is 0 Å². The molecule has 4 heteroatoms. The summed E-state index contributed by atoms with van der Waals surface area (Å²) in [4.78, 5) is 1.96. The van der Waals surface area contributed by atoms with Gasteiger partial charge in [-0.25, -0.2) is 0 Å². The molecule has 18 heavy (non-hydrogen) atoms. The van der Waals surface area contributed by atoms with E-state index in [1.54, 1.807) is 31.4 Å². The van der Waals surface area contributed by atoms with Crippen molar-refractivity contribution in [3.8, 4) is 17.6 Å². The van der Waals surface area contributed by atoms with Gasteiger partial charge >= 0.3 is 0 Å². The van der Waals surface area contributed by atoms with Gasteiger partial charge in [0, 0.05) is 9.79 Å². The summed E-state index contributed by atoms with van der Waals surface area (Å²) in [6.45, 7) is 0. The molecule has 3 nitrogen and oxygen atoms in total. The summed E-state index contributed by atoms with van der Waals surface area (Å²) < 4.78 is 5.09. The third-order valence-electron chi connectivity index (χ3n) is 2.36. The van der Waals surface area contributed by atoms with E-state index in [4.69, 9.17) is 10.00 Å². The highest BCUT2D eigenvalue weighted by molar-refractivity contribution is 7.99. The minimum absolute atomic E-state index is 0.242. The molecule has 0 saturated carbocycles. The minimum atomic E-state index is 0.242. The molecule has 2 aromatic rings. The SMILES string of the molecule is COc1ccc(Sc2ccc(O)cc2)cc1C#N. The molecular weight excluding hydrogens is 246 g/mol. The van der Waals surface area contributed by atoms with Crippen LogP contribution in [0.5, 0.6) is 11.5 Å². The highest BCUT2D eigenvalue weighted by atomic mass is 32.2. The van der Waals surface area contributed by atoms with E-state index >= 15 is 0 Å². The van der Waals surface area contributed by atoms with E-state index in [9.17, 15) is 5.11 Å². The Labute approximate surface area is 110 Å². The fraction of sp³-hybridized carbons (Fsp3) is 0.0714. The molecule has 0 aromatic heterocycles. The number of phenolic OH excluding ortho intramolecular Hbond substituents is 1. The number of benzene rings is 2. The average molecular weight is 257 g/mol. The molecule has 2 rings (SSSR count). The zero-order valence-electron chi connectivity index (χ0n) is 9.75. The zero-order valence-corrected chi connectivity index (χ0v) is 10.6. The number of ether oxygens (including phenoxy) is 1. The van der Waals surface area contributed by atoms with Gasteiger partial charge in [0.15, 0.2) is 0 Å². The quantitative estimate of drug-likeness (QED) is 0.915. The number of nitrogens with zero attached hydrogens (tertiary/aromatic N) is 1. The Morgan fingerprint density at radius 3 is 2.39 bits per heavy atom. The van der Waals surface area contributed by atoms with Crippen LogP contribution in [0.3, 0.4) is 0 Å². The molecule has 0 heterocycles. The Morgan fingerprint density at radius 1 is 1.11 bits per heavy atom. The number of hydrogen-bond acceptors (Lipinski definition) is 4. The molecule has 0 atom stereocenters. The normalized spacial score (nSPS) is 9.78. The maximum atomic E-state index is 9.20. The van der Waals surface area contributed by atoms with Crippen LogP contribution in [0, 0.1) is 11.3 Å². The molecule has 0 aliphatic carbocycles. The van der Waals surface area contributed by atoms with Crippen LogP contribution in [0.25, 0.3) is 0 Å². The Balaban J connectivity index is 2.25. The van der Waals surface area contributed by atoms with Crippen LogP contribution >= 0.6 is 11.8 Å². The Hall–Kier alpha value is -2.12. The zero-order chi connectivity index (χ0) is 13.0. The summed E-state index contributed by atoms with van der Waals surface area (Å²) in [6.07, 6.45) is 0. The van der Waals surface area contributed by atoms with Crippen LogP contribution in [-0.4, -0.2) is 12.2 Å². The van der Waals surface area contributed by atoms with Crippen molar-refractivity contribution in [2.24, 2.45) is 0 Å². The molecule has 0 aliphatic heterocycles. The summed E-state index contributed by atoms with van der Waals surface area (Å²) in [7, 11) is 1.54. The minimum Gasteiger partial charge on any atom is -0.508 e. The van der Waals surface area contributed by atoms with Crippen LogP contribution in [-0.2, 0) is 0 Å². The van der Waals surface area contributed by atoms with Gasteiger partial charge in [0.1, 0.15) is 17.6 Å². The summed E-state index contributed by atoms with van der Waals surface area (Å²) in [5.74, 6) is 0.819. The van der Waals surface area contributed by atoms with Gasteiger partial charge in [-0.3, -0.25) is 0 Å². The molecule has 0 unspecified atom stereocenters. The van der Waals surface area contributed by atoms with Gasteiger partial charge in [-0.1, -0.05) is 11.8 Å². The van der Waals surface area contributed by atoms with E-state index in [0.717, 1.165) is 9.79 Å². The average Bonchev–Trinajstić information content (AvgIpc) is 2.41. The number of methoxy groups -OCH3 is 1. The van der Waals surface area contributed by atoms with E-state index in [-0.39, 0.29) is 5.75 Å². The van der Waals surface area contributed by atoms with Crippen molar-refractivity contribution in [3.63, 3.8) is 0 Å². The Kier molecular flexibility index (Phi) is 3.75. The van der Waals surface area contributed by atoms with Gasteiger partial charge in [0.05, 0.1) is 12.7 Å². The number of hydrogen-bond donors (Lipinski definition) is 1. The molecule has 0 amide bonds. The molecule has 0 spiro atoms. The fourth-order valence-electron chi connectivity index (χ4n) is 1.49. The lowest BCUT2D eigenvalue weighted by Gasteiger charge is -2.05. The van der Waals surface area contributed by atoms with E-state index in [1.807, 2.05) is 18.2 Å². The van der Waals surface area contributed by atoms with Crippen LogP contribution in [0.2, 0.25) is 0 Å². The first kappa shape index (κ1) is 12.3. The van der Waals surface area contributed by atoms with Gasteiger partial charge in [-0.15, -0.1) is 0 Å². The van der Waals surface area contributed by atoms with Crippen LogP contribution in [0.1, 0.15) is 5.56 Å². The van der Waals surface area contributed by atoms with Gasteiger partial charge in [0.2, 0.25) is 0 Å². The molecule has 2 aromatic carbocycles. The first-order chi connectivity index (χ1) is 8.72. The second-order valence-corrected chi connectivity index (χ2v) is 4.72. The molecule has 0 radical (unpaired) electrons. The van der Waals surface area contributed by atoms with Crippen LogP contribution in [0.15, 0.2) is 52.3 Å². The lowest BCUT2D eigenvalue weighted by atomic mass is 10.2. The lowest BCUT2D eigenvalue weighted by Crippen LogP contribution is -1.87. The molecule has 0 fully saturated rings. The van der Waals surface area contributed by atoms with Crippen LogP contribution < -0.4 is 4.74 Å². The number of aromatic hydroxyl groups is 1. The second kappa shape index (κ2) is 5.48. The Morgan fingerprint density at radius 2 is 1.78 bits per heavy atom. The van der Waals surface area contributed by atoms with Gasteiger partial charge < -0.3 is 9.84 Å². The maximum Gasteiger partial charge on any atom is 0.136 e. The first-order valence-corrected chi connectivity index (χ1v) is 6.09. The summed E-state index contributed by atoms with van der Waals surface area (Å²) in [6, 6.07) is 14.5. The maximum absolute atomic E-state index is 9.20. The second-order valence-electron chi connectivity index (χ2n) is 3.57. The molecule has 1 N–H and O–H groups in total. The predicted octanol–water partition coefficient (Wildman–Crippen LogP) is 3.42. The van der Waals surface area contributed by atoms with E-state index < -0.39 is 0 Å². The molecule has 0 bridgehead atoms. The van der Waals surface area contributed by atoms with Gasteiger partial charge in [-0.2, -0.15) is 5.26 Å². The van der Waals surface area contributed by atoms with Gasteiger partial charge in [0.25, 0.3) is 0 Å². The summed E-state index contributed by atoms with van der Waals surface area (Å²) in [5.41, 5.74) is 0.515. The monoisotopic (exact) mass is 257 g/mol. The first-order valence-electron chi connectivity index (χ1n) is 5.28. The van der Waals surface area contributed by atoms with E-state index in [1.165, 1.54) is 11.8 Å². The third kappa shape index (κ3) is 2.76. The number of nitriles is 1. The highest BCUT2D eigenvalue weighted by Crippen LogP contribution is 2.31. The molecule has 90 valence electrons. The highest BCUT2D eigenvalue weighted by Gasteiger charge is 2.05. The standard InChI is InChI=1S/C14H11NO2S/c1-17-14-7-6-13(8-10(14)9-15)18-12-4-2-11(16)3-5-12/h2-8,16H,1H3. The summed E-state index contributed by atoms with van der Waals surface area (Å²) >= 11 is 1.53. The fourth-order valence-corrected chi connectivity index (χ4v) is 2.35. The van der Waals surface area contributed by atoms with Crippen molar-refractivity contribution in [2.75, 3.05) is 7.11 Å². The van der Waals surface area contributed by atoms with Crippen molar-refractivity contribution >= 4 is 11.8 Å². The summed E-state index contributed by atoms with van der Waals surface area (Å²) in [5, 5.41) is 18.2. The van der Waals surface area contributed by atoms with E-state index in [0.29, 0.717) is 11.3 Å². The largest absolute Gasteiger partial charge is 0.508 e. The molecule has 0 aliphatic rings.